The highest BCUT2D eigenvalue weighted by Crippen LogP contribution is 2.24. The number of hydrogen-bond donors (Lipinski definition) is 1. The number of likely N-dealkylation sites (tertiary alicyclic amines) is 1. The maximum Gasteiger partial charge on any atom is 0.240 e. The lowest BCUT2D eigenvalue weighted by molar-refractivity contribution is 0.177. The monoisotopic (exact) mass is 420 g/mol. The van der Waals surface area contributed by atoms with Crippen LogP contribution in [0.5, 0.6) is 5.75 Å². The molecule has 152 valence electrons. The van der Waals surface area contributed by atoms with Gasteiger partial charge in [0.25, 0.3) is 0 Å². The Morgan fingerprint density at radius 1 is 1.11 bits per heavy atom. The van der Waals surface area contributed by atoms with E-state index in [-0.39, 0.29) is 4.90 Å². The first-order valence-corrected chi connectivity index (χ1v) is 12.2. The molecule has 1 heterocycles. The number of rotatable bonds is 8. The van der Waals surface area contributed by atoms with Crippen LogP contribution in [-0.2, 0) is 16.6 Å². The fraction of sp³-hybridized carbons (Fsp3) is 0.429. The van der Waals surface area contributed by atoms with Gasteiger partial charge in [-0.25, -0.2) is 13.1 Å². The van der Waals surface area contributed by atoms with Crippen molar-refractivity contribution in [3.63, 3.8) is 0 Å². The zero-order valence-electron chi connectivity index (χ0n) is 16.4. The molecule has 1 N–H and O–H groups in total. The van der Waals surface area contributed by atoms with Crippen molar-refractivity contribution in [2.75, 3.05) is 33.0 Å². The van der Waals surface area contributed by atoms with Gasteiger partial charge in [0.1, 0.15) is 5.75 Å². The van der Waals surface area contributed by atoms with Crippen LogP contribution < -0.4 is 9.46 Å². The molecule has 3 rings (SSSR count). The summed E-state index contributed by atoms with van der Waals surface area (Å²) in [5.74, 6) is 1.02. The van der Waals surface area contributed by atoms with Crippen molar-refractivity contribution in [1.82, 2.24) is 9.62 Å². The molecule has 1 aliphatic rings. The molecule has 2 aromatic carbocycles. The van der Waals surface area contributed by atoms with E-state index in [0.717, 1.165) is 32.5 Å². The number of sulfonamides is 1. The third-order valence-corrected chi connectivity index (χ3v) is 7.50. The molecule has 0 radical (unpaired) electrons. The summed E-state index contributed by atoms with van der Waals surface area (Å²) >= 11 is 1.78. The van der Waals surface area contributed by atoms with Gasteiger partial charge in [-0.1, -0.05) is 18.2 Å². The van der Waals surface area contributed by atoms with E-state index in [4.69, 9.17) is 4.74 Å². The number of nitrogens with one attached hydrogen (secondary N) is 1. The van der Waals surface area contributed by atoms with E-state index in [2.05, 4.69) is 40.1 Å². The average Bonchev–Trinajstić information content (AvgIpc) is 2.74. The molecular formula is C21H28N2O3S2. The number of thioether (sulfide) groups is 1. The fourth-order valence-corrected chi connectivity index (χ4v) is 5.21. The number of methoxy groups -OCH3 is 1. The predicted molar refractivity (Wildman–Crippen MR) is 114 cm³/mol. The summed E-state index contributed by atoms with van der Waals surface area (Å²) in [7, 11) is -1.91. The summed E-state index contributed by atoms with van der Waals surface area (Å²) in [4.78, 5) is 4.07. The van der Waals surface area contributed by atoms with Gasteiger partial charge < -0.3 is 4.74 Å². The van der Waals surface area contributed by atoms with Crippen molar-refractivity contribution in [1.29, 1.82) is 0 Å². The predicted octanol–water partition coefficient (Wildman–Crippen LogP) is 3.61. The van der Waals surface area contributed by atoms with Gasteiger partial charge in [-0.2, -0.15) is 0 Å². The Bertz CT molecular complexity index is 861. The smallest absolute Gasteiger partial charge is 0.240 e. The molecule has 1 fully saturated rings. The van der Waals surface area contributed by atoms with Gasteiger partial charge in [0, 0.05) is 18.0 Å². The molecule has 0 aromatic heterocycles. The normalized spacial score (nSPS) is 16.2. The maximum absolute atomic E-state index is 12.5. The van der Waals surface area contributed by atoms with Crippen LogP contribution in [0, 0.1) is 5.92 Å². The number of hydrogen-bond acceptors (Lipinski definition) is 5. The Morgan fingerprint density at radius 3 is 2.43 bits per heavy atom. The Balaban J connectivity index is 1.48. The van der Waals surface area contributed by atoms with Gasteiger partial charge in [-0.3, -0.25) is 4.90 Å². The van der Waals surface area contributed by atoms with Crippen molar-refractivity contribution in [2.24, 2.45) is 5.92 Å². The van der Waals surface area contributed by atoms with Gasteiger partial charge >= 0.3 is 0 Å². The van der Waals surface area contributed by atoms with Gasteiger partial charge in [-0.05, 0) is 74.0 Å². The van der Waals surface area contributed by atoms with E-state index in [0.29, 0.717) is 18.2 Å². The molecule has 0 atom stereocenters. The van der Waals surface area contributed by atoms with Crippen LogP contribution in [-0.4, -0.2) is 46.3 Å². The minimum Gasteiger partial charge on any atom is -0.497 e. The van der Waals surface area contributed by atoms with Crippen LogP contribution in [0.25, 0.3) is 0 Å². The van der Waals surface area contributed by atoms with Crippen molar-refractivity contribution in [2.45, 2.75) is 29.2 Å². The zero-order valence-corrected chi connectivity index (χ0v) is 18.1. The van der Waals surface area contributed by atoms with Gasteiger partial charge in [0.15, 0.2) is 0 Å². The van der Waals surface area contributed by atoms with Gasteiger partial charge in [-0.15, -0.1) is 11.8 Å². The Kier molecular flexibility index (Phi) is 7.40. The first-order chi connectivity index (χ1) is 13.5. The van der Waals surface area contributed by atoms with Crippen molar-refractivity contribution < 1.29 is 13.2 Å². The molecular weight excluding hydrogens is 392 g/mol. The molecule has 0 unspecified atom stereocenters. The second kappa shape index (κ2) is 9.78. The lowest BCUT2D eigenvalue weighted by Crippen LogP contribution is -2.38. The molecule has 0 bridgehead atoms. The summed E-state index contributed by atoms with van der Waals surface area (Å²) in [5, 5.41) is 0. The van der Waals surface area contributed by atoms with Crippen LogP contribution in [0.3, 0.4) is 0 Å². The number of nitrogens with zero attached hydrogens (tertiary/aromatic N) is 1. The molecule has 7 heteroatoms. The highest BCUT2D eigenvalue weighted by molar-refractivity contribution is 7.98. The van der Waals surface area contributed by atoms with Crippen molar-refractivity contribution in [3.05, 3.63) is 54.1 Å². The summed E-state index contributed by atoms with van der Waals surface area (Å²) < 4.78 is 32.8. The van der Waals surface area contributed by atoms with E-state index in [1.807, 2.05) is 0 Å². The molecule has 5 nitrogen and oxygen atoms in total. The van der Waals surface area contributed by atoms with E-state index in [1.165, 1.54) is 10.5 Å². The van der Waals surface area contributed by atoms with Gasteiger partial charge in [0.05, 0.1) is 12.0 Å². The lowest BCUT2D eigenvalue weighted by atomic mass is 9.97. The summed E-state index contributed by atoms with van der Waals surface area (Å²) in [5.41, 5.74) is 1.37. The summed E-state index contributed by atoms with van der Waals surface area (Å²) in [6.45, 7) is 3.44. The highest BCUT2D eigenvalue weighted by Gasteiger charge is 2.22. The van der Waals surface area contributed by atoms with Crippen molar-refractivity contribution in [3.8, 4) is 5.75 Å². The van der Waals surface area contributed by atoms with Crippen LogP contribution in [0.2, 0.25) is 0 Å². The average molecular weight is 421 g/mol. The Morgan fingerprint density at radius 2 is 1.79 bits per heavy atom. The molecule has 0 aliphatic carbocycles. The van der Waals surface area contributed by atoms with Crippen molar-refractivity contribution >= 4 is 21.8 Å². The molecule has 28 heavy (non-hydrogen) atoms. The largest absolute Gasteiger partial charge is 0.497 e. The maximum atomic E-state index is 12.5. The second-order valence-corrected chi connectivity index (χ2v) is 9.67. The third kappa shape index (κ3) is 5.50. The summed E-state index contributed by atoms with van der Waals surface area (Å²) in [6.07, 6.45) is 4.12. The quantitative estimate of drug-likeness (QED) is 0.661. The SMILES string of the molecule is COc1ccc(S(=O)(=O)NCC2CCN(Cc3ccccc3SC)CC2)cc1. The highest BCUT2D eigenvalue weighted by atomic mass is 32.2. The molecule has 0 saturated carbocycles. The number of benzene rings is 2. The molecule has 1 aliphatic heterocycles. The zero-order chi connectivity index (χ0) is 20.0. The Hall–Kier alpha value is -1.54. The molecule has 2 aromatic rings. The van der Waals surface area contributed by atoms with E-state index >= 15 is 0 Å². The number of ether oxygens (including phenoxy) is 1. The lowest BCUT2D eigenvalue weighted by Gasteiger charge is -2.32. The minimum absolute atomic E-state index is 0.277. The first-order valence-electron chi connectivity index (χ1n) is 9.50. The van der Waals surface area contributed by atoms with Crippen LogP contribution in [0.4, 0.5) is 0 Å². The van der Waals surface area contributed by atoms with Crippen LogP contribution in [0.15, 0.2) is 58.3 Å². The van der Waals surface area contributed by atoms with E-state index < -0.39 is 10.0 Å². The van der Waals surface area contributed by atoms with Gasteiger partial charge in [0.2, 0.25) is 10.0 Å². The topological polar surface area (TPSA) is 58.6 Å². The summed E-state index contributed by atoms with van der Waals surface area (Å²) in [6, 6.07) is 15.0. The standard InChI is InChI=1S/C21H28N2O3S2/c1-26-19-7-9-20(10-8-19)28(24,25)22-15-17-11-13-23(14-12-17)16-18-5-3-4-6-21(18)27-2/h3-10,17,22H,11-16H2,1-2H3. The van der Waals surface area contributed by atoms with Crippen LogP contribution >= 0.6 is 11.8 Å². The second-order valence-electron chi connectivity index (χ2n) is 7.06. The molecule has 0 amide bonds. The third-order valence-electron chi connectivity index (χ3n) is 5.23. The van der Waals surface area contributed by atoms with E-state index in [1.54, 1.807) is 43.1 Å². The molecule has 1 saturated heterocycles. The van der Waals surface area contributed by atoms with E-state index in [9.17, 15) is 8.42 Å². The fourth-order valence-electron chi connectivity index (χ4n) is 3.49. The first kappa shape index (κ1) is 21.2. The van der Waals surface area contributed by atoms with Crippen LogP contribution in [0.1, 0.15) is 18.4 Å². The molecule has 0 spiro atoms. The minimum atomic E-state index is -3.48. The Labute approximate surface area is 172 Å². The number of piperidine rings is 1.